The van der Waals surface area contributed by atoms with Crippen molar-refractivity contribution in [1.29, 1.82) is 0 Å². The van der Waals surface area contributed by atoms with Gasteiger partial charge in [-0.15, -0.1) is 0 Å². The Labute approximate surface area is 146 Å². The molecule has 0 aliphatic rings. The van der Waals surface area contributed by atoms with Gasteiger partial charge in [-0.25, -0.2) is 4.98 Å². The lowest BCUT2D eigenvalue weighted by atomic mass is 10.1. The standard InChI is InChI=1S/C20H22N2O3/c1-3-15-7-9-17(10-8-15)25-12-16(23)11-22-13-21-19-14(2)5-4-6-18(19)20(22)24/h4-10,13,16,23H,3,11-12H2,1-2H3. The van der Waals surface area contributed by atoms with Crippen molar-refractivity contribution in [1.82, 2.24) is 9.55 Å². The van der Waals surface area contributed by atoms with Gasteiger partial charge in [0, 0.05) is 0 Å². The van der Waals surface area contributed by atoms with Crippen LogP contribution in [0, 0.1) is 6.92 Å². The quantitative estimate of drug-likeness (QED) is 0.750. The van der Waals surface area contributed by atoms with Gasteiger partial charge in [0.15, 0.2) is 0 Å². The van der Waals surface area contributed by atoms with E-state index in [1.165, 1.54) is 16.5 Å². The number of para-hydroxylation sites is 1. The number of ether oxygens (including phenoxy) is 1. The van der Waals surface area contributed by atoms with Gasteiger partial charge in [-0.2, -0.15) is 0 Å². The lowest BCUT2D eigenvalue weighted by Gasteiger charge is -2.14. The molecule has 0 bridgehead atoms. The third-order valence-electron chi connectivity index (χ3n) is 4.24. The summed E-state index contributed by atoms with van der Waals surface area (Å²) >= 11 is 0. The van der Waals surface area contributed by atoms with Crippen molar-refractivity contribution in [2.75, 3.05) is 6.61 Å². The highest BCUT2D eigenvalue weighted by atomic mass is 16.5. The molecule has 5 heteroatoms. The summed E-state index contributed by atoms with van der Waals surface area (Å²) in [6.45, 7) is 4.27. The van der Waals surface area contributed by atoms with Gasteiger partial charge in [-0.1, -0.05) is 31.2 Å². The van der Waals surface area contributed by atoms with E-state index in [0.29, 0.717) is 16.7 Å². The van der Waals surface area contributed by atoms with Crippen molar-refractivity contribution in [3.05, 3.63) is 70.3 Å². The molecule has 25 heavy (non-hydrogen) atoms. The van der Waals surface area contributed by atoms with E-state index in [1.807, 2.05) is 43.3 Å². The molecule has 0 saturated carbocycles. The Morgan fingerprint density at radius 3 is 2.68 bits per heavy atom. The van der Waals surface area contributed by atoms with Crippen LogP contribution in [-0.2, 0) is 13.0 Å². The van der Waals surface area contributed by atoms with Gasteiger partial charge in [0.25, 0.3) is 5.56 Å². The first-order valence-electron chi connectivity index (χ1n) is 8.43. The number of fused-ring (bicyclic) bond motifs is 1. The van der Waals surface area contributed by atoms with Crippen LogP contribution in [0.5, 0.6) is 5.75 Å². The molecule has 0 radical (unpaired) electrons. The van der Waals surface area contributed by atoms with Gasteiger partial charge in [-0.05, 0) is 42.7 Å². The van der Waals surface area contributed by atoms with Gasteiger partial charge in [-0.3, -0.25) is 9.36 Å². The first-order valence-corrected chi connectivity index (χ1v) is 8.43. The van der Waals surface area contributed by atoms with Crippen LogP contribution < -0.4 is 10.3 Å². The van der Waals surface area contributed by atoms with E-state index in [9.17, 15) is 9.90 Å². The molecule has 5 nitrogen and oxygen atoms in total. The number of hydrogen-bond donors (Lipinski definition) is 1. The number of aromatic nitrogens is 2. The van der Waals surface area contributed by atoms with Crippen LogP contribution in [0.3, 0.4) is 0 Å². The normalized spacial score (nSPS) is 12.3. The van der Waals surface area contributed by atoms with E-state index in [4.69, 9.17) is 4.74 Å². The maximum atomic E-state index is 12.5. The fourth-order valence-electron chi connectivity index (χ4n) is 2.76. The summed E-state index contributed by atoms with van der Waals surface area (Å²) in [6, 6.07) is 13.3. The fourth-order valence-corrected chi connectivity index (χ4v) is 2.76. The van der Waals surface area contributed by atoms with Crippen LogP contribution in [0.4, 0.5) is 0 Å². The van der Waals surface area contributed by atoms with E-state index in [0.717, 1.165) is 12.0 Å². The Balaban J connectivity index is 1.68. The van der Waals surface area contributed by atoms with Crippen molar-refractivity contribution in [3.63, 3.8) is 0 Å². The Kier molecular flexibility index (Phi) is 5.14. The van der Waals surface area contributed by atoms with E-state index in [1.54, 1.807) is 6.07 Å². The van der Waals surface area contributed by atoms with Crippen molar-refractivity contribution in [2.45, 2.75) is 32.9 Å². The van der Waals surface area contributed by atoms with Crippen LogP contribution in [-0.4, -0.2) is 27.4 Å². The van der Waals surface area contributed by atoms with Gasteiger partial charge in [0.1, 0.15) is 18.5 Å². The maximum absolute atomic E-state index is 12.5. The van der Waals surface area contributed by atoms with Crippen LogP contribution in [0.1, 0.15) is 18.1 Å². The van der Waals surface area contributed by atoms with Crippen molar-refractivity contribution >= 4 is 10.9 Å². The Bertz CT molecular complexity index is 916. The summed E-state index contributed by atoms with van der Waals surface area (Å²) in [7, 11) is 0. The van der Waals surface area contributed by atoms with Crippen molar-refractivity contribution in [3.8, 4) is 5.75 Å². The molecule has 0 amide bonds. The highest BCUT2D eigenvalue weighted by Gasteiger charge is 2.11. The molecule has 1 aromatic heterocycles. The Morgan fingerprint density at radius 1 is 1.20 bits per heavy atom. The highest BCUT2D eigenvalue weighted by Crippen LogP contribution is 2.13. The van der Waals surface area contributed by atoms with Crippen molar-refractivity contribution in [2.24, 2.45) is 0 Å². The minimum Gasteiger partial charge on any atom is -0.491 e. The zero-order valence-corrected chi connectivity index (χ0v) is 14.5. The second-order valence-electron chi connectivity index (χ2n) is 6.14. The average molecular weight is 338 g/mol. The topological polar surface area (TPSA) is 64.3 Å². The molecule has 3 aromatic rings. The van der Waals surface area contributed by atoms with Gasteiger partial charge in [0.05, 0.1) is 23.8 Å². The molecule has 0 spiro atoms. The van der Waals surface area contributed by atoms with Crippen molar-refractivity contribution < 1.29 is 9.84 Å². The van der Waals surface area contributed by atoms with Crippen LogP contribution in [0.25, 0.3) is 10.9 Å². The van der Waals surface area contributed by atoms with Crippen LogP contribution in [0.2, 0.25) is 0 Å². The van der Waals surface area contributed by atoms with Gasteiger partial charge in [0.2, 0.25) is 0 Å². The predicted octanol–water partition coefficient (Wildman–Crippen LogP) is 2.71. The Morgan fingerprint density at radius 2 is 1.96 bits per heavy atom. The van der Waals surface area contributed by atoms with E-state index >= 15 is 0 Å². The second kappa shape index (κ2) is 7.49. The predicted molar refractivity (Wildman–Crippen MR) is 98.1 cm³/mol. The van der Waals surface area contributed by atoms with E-state index in [-0.39, 0.29) is 18.7 Å². The lowest BCUT2D eigenvalue weighted by Crippen LogP contribution is -2.30. The summed E-state index contributed by atoms with van der Waals surface area (Å²) in [5, 5.41) is 10.8. The zero-order valence-electron chi connectivity index (χ0n) is 14.5. The minimum absolute atomic E-state index is 0.115. The maximum Gasteiger partial charge on any atom is 0.261 e. The molecule has 130 valence electrons. The number of rotatable bonds is 6. The third kappa shape index (κ3) is 3.88. The molecule has 2 aromatic carbocycles. The summed E-state index contributed by atoms with van der Waals surface area (Å²) in [5.74, 6) is 0.704. The van der Waals surface area contributed by atoms with E-state index in [2.05, 4.69) is 11.9 Å². The number of nitrogens with zero attached hydrogens (tertiary/aromatic N) is 2. The zero-order chi connectivity index (χ0) is 17.8. The minimum atomic E-state index is -0.799. The molecule has 0 fully saturated rings. The molecular weight excluding hydrogens is 316 g/mol. The summed E-state index contributed by atoms with van der Waals surface area (Å²) in [6.07, 6.45) is 1.66. The van der Waals surface area contributed by atoms with Crippen LogP contribution in [0.15, 0.2) is 53.6 Å². The number of aryl methyl sites for hydroxylation is 2. The van der Waals surface area contributed by atoms with Gasteiger partial charge < -0.3 is 9.84 Å². The number of hydrogen-bond acceptors (Lipinski definition) is 4. The molecule has 1 unspecified atom stereocenters. The molecule has 0 aliphatic heterocycles. The summed E-state index contributed by atoms with van der Waals surface area (Å²) in [5.41, 5.74) is 2.74. The van der Waals surface area contributed by atoms with Gasteiger partial charge >= 0.3 is 0 Å². The average Bonchev–Trinajstić information content (AvgIpc) is 2.63. The molecule has 0 saturated heterocycles. The first kappa shape index (κ1) is 17.2. The molecule has 3 rings (SSSR count). The Hall–Kier alpha value is -2.66. The summed E-state index contributed by atoms with van der Waals surface area (Å²) in [4.78, 5) is 16.9. The second-order valence-corrected chi connectivity index (χ2v) is 6.14. The SMILES string of the molecule is CCc1ccc(OCC(O)Cn2cnc3c(C)cccc3c2=O)cc1. The monoisotopic (exact) mass is 338 g/mol. The number of benzene rings is 2. The smallest absolute Gasteiger partial charge is 0.261 e. The molecule has 1 N–H and O–H groups in total. The molecule has 1 heterocycles. The largest absolute Gasteiger partial charge is 0.491 e. The van der Waals surface area contributed by atoms with E-state index < -0.39 is 6.10 Å². The third-order valence-corrected chi connectivity index (χ3v) is 4.24. The fraction of sp³-hybridized carbons (Fsp3) is 0.300. The lowest BCUT2D eigenvalue weighted by molar-refractivity contribution is 0.0915. The molecular formula is C20H22N2O3. The molecule has 1 atom stereocenters. The highest BCUT2D eigenvalue weighted by molar-refractivity contribution is 5.80. The first-order chi connectivity index (χ1) is 12.1. The van der Waals surface area contributed by atoms with Crippen LogP contribution >= 0.6 is 0 Å². The summed E-state index contributed by atoms with van der Waals surface area (Å²) < 4.78 is 7.03. The number of aliphatic hydroxyl groups is 1. The number of aliphatic hydroxyl groups excluding tert-OH is 1. The molecule has 0 aliphatic carbocycles.